The van der Waals surface area contributed by atoms with E-state index in [0.717, 1.165) is 5.56 Å². The Kier molecular flexibility index (Phi) is 4.76. The summed E-state index contributed by atoms with van der Waals surface area (Å²) in [5.74, 6) is -0.100. The molecule has 1 aromatic heterocycles. The molecule has 0 radical (unpaired) electrons. The van der Waals surface area contributed by atoms with Gasteiger partial charge < -0.3 is 4.74 Å². The second kappa shape index (κ2) is 6.40. The average molecular weight is 317 g/mol. The highest BCUT2D eigenvalue weighted by Crippen LogP contribution is 2.25. The Morgan fingerprint density at radius 2 is 1.77 bits per heavy atom. The molecule has 0 aliphatic heterocycles. The van der Waals surface area contributed by atoms with Crippen LogP contribution in [0.15, 0.2) is 47.6 Å². The SMILES string of the molecule is CS(=O)c1ccncc1C(=O)Oc1ccc(C(C)(C)C)cc1. The van der Waals surface area contributed by atoms with E-state index in [9.17, 15) is 9.00 Å². The van der Waals surface area contributed by atoms with Crippen LogP contribution >= 0.6 is 0 Å². The number of esters is 1. The molecule has 0 bridgehead atoms. The van der Waals surface area contributed by atoms with E-state index in [1.165, 1.54) is 18.6 Å². The van der Waals surface area contributed by atoms with E-state index in [0.29, 0.717) is 10.6 Å². The number of pyridine rings is 1. The van der Waals surface area contributed by atoms with Crippen LogP contribution in [0.1, 0.15) is 36.7 Å². The molecule has 1 unspecified atom stereocenters. The lowest BCUT2D eigenvalue weighted by atomic mass is 9.87. The number of carbonyl (C=O) groups is 1. The van der Waals surface area contributed by atoms with Crippen LogP contribution in [0.2, 0.25) is 0 Å². The van der Waals surface area contributed by atoms with Crippen molar-refractivity contribution in [2.75, 3.05) is 6.26 Å². The summed E-state index contributed by atoms with van der Waals surface area (Å²) >= 11 is 0. The number of benzene rings is 1. The largest absolute Gasteiger partial charge is 0.423 e. The Bertz CT molecular complexity index is 703. The second-order valence-corrected chi connectivity index (χ2v) is 7.34. The smallest absolute Gasteiger partial charge is 0.346 e. The van der Waals surface area contributed by atoms with E-state index in [1.54, 1.807) is 18.2 Å². The summed E-state index contributed by atoms with van der Waals surface area (Å²) in [5, 5.41) is 0. The standard InChI is InChI=1S/C17H19NO3S/c1-17(2,3)12-5-7-13(8-6-12)21-16(19)14-11-18-10-9-15(14)22(4)20/h5-11H,1-4H3. The van der Waals surface area contributed by atoms with E-state index in [4.69, 9.17) is 4.74 Å². The summed E-state index contributed by atoms with van der Waals surface area (Å²) in [5.41, 5.74) is 1.42. The maximum atomic E-state index is 12.2. The quantitative estimate of drug-likeness (QED) is 0.643. The number of hydrogen-bond donors (Lipinski definition) is 0. The van der Waals surface area contributed by atoms with Gasteiger partial charge in [0.05, 0.1) is 21.3 Å². The number of carbonyl (C=O) groups excluding carboxylic acids is 1. The summed E-state index contributed by atoms with van der Waals surface area (Å²) < 4.78 is 17.0. The Morgan fingerprint density at radius 1 is 1.14 bits per heavy atom. The number of nitrogens with zero attached hydrogens (tertiary/aromatic N) is 1. The number of ether oxygens (including phenoxy) is 1. The lowest BCUT2D eigenvalue weighted by Gasteiger charge is -2.19. The molecule has 4 nitrogen and oxygen atoms in total. The molecule has 1 heterocycles. The van der Waals surface area contributed by atoms with Crippen LogP contribution in [-0.4, -0.2) is 21.4 Å². The maximum Gasteiger partial charge on any atom is 0.346 e. The fourth-order valence-corrected chi connectivity index (χ4v) is 2.67. The normalized spacial score (nSPS) is 12.7. The van der Waals surface area contributed by atoms with Gasteiger partial charge in [0.15, 0.2) is 0 Å². The third-order valence-corrected chi connectivity index (χ3v) is 4.22. The van der Waals surface area contributed by atoms with Crippen molar-refractivity contribution in [1.82, 2.24) is 4.98 Å². The molecule has 0 aliphatic rings. The third-order valence-electron chi connectivity index (χ3n) is 3.24. The van der Waals surface area contributed by atoms with Gasteiger partial charge >= 0.3 is 5.97 Å². The molecule has 2 rings (SSSR count). The molecule has 0 saturated heterocycles. The topological polar surface area (TPSA) is 56.3 Å². The molecule has 0 aliphatic carbocycles. The predicted molar refractivity (Wildman–Crippen MR) is 86.7 cm³/mol. The first-order chi connectivity index (χ1) is 10.3. The minimum atomic E-state index is -1.28. The summed E-state index contributed by atoms with van der Waals surface area (Å²) in [4.78, 5) is 16.5. The first-order valence-electron chi connectivity index (χ1n) is 6.89. The molecule has 1 atom stereocenters. The van der Waals surface area contributed by atoms with Gasteiger partial charge in [-0.3, -0.25) is 9.19 Å². The number of hydrogen-bond acceptors (Lipinski definition) is 4. The molecule has 0 amide bonds. The van der Waals surface area contributed by atoms with Crippen molar-refractivity contribution < 1.29 is 13.7 Å². The predicted octanol–water partition coefficient (Wildman–Crippen LogP) is 3.34. The summed E-state index contributed by atoms with van der Waals surface area (Å²) in [7, 11) is -1.28. The lowest BCUT2D eigenvalue weighted by molar-refractivity contribution is 0.0730. The second-order valence-electron chi connectivity index (χ2n) is 5.99. The van der Waals surface area contributed by atoms with E-state index in [1.807, 2.05) is 12.1 Å². The molecule has 5 heteroatoms. The van der Waals surface area contributed by atoms with E-state index in [2.05, 4.69) is 25.8 Å². The molecule has 0 N–H and O–H groups in total. The van der Waals surface area contributed by atoms with Gasteiger partial charge in [-0.15, -0.1) is 0 Å². The van der Waals surface area contributed by atoms with Crippen molar-refractivity contribution in [3.8, 4) is 5.75 Å². The van der Waals surface area contributed by atoms with Crippen LogP contribution in [0.25, 0.3) is 0 Å². The van der Waals surface area contributed by atoms with Crippen molar-refractivity contribution in [1.29, 1.82) is 0 Å². The zero-order valence-electron chi connectivity index (χ0n) is 13.1. The van der Waals surface area contributed by atoms with Crippen LogP contribution in [0.3, 0.4) is 0 Å². The van der Waals surface area contributed by atoms with Crippen molar-refractivity contribution >= 4 is 16.8 Å². The Balaban J connectivity index is 2.21. The van der Waals surface area contributed by atoms with Crippen LogP contribution in [0, 0.1) is 0 Å². The van der Waals surface area contributed by atoms with Crippen LogP contribution in [0.4, 0.5) is 0 Å². The molecule has 116 valence electrons. The van der Waals surface area contributed by atoms with Crippen molar-refractivity contribution in [3.05, 3.63) is 53.9 Å². The molecule has 2 aromatic rings. The summed E-state index contributed by atoms with van der Waals surface area (Å²) in [6.45, 7) is 6.35. The lowest BCUT2D eigenvalue weighted by Crippen LogP contribution is -2.13. The Labute approximate surface area is 133 Å². The highest BCUT2D eigenvalue weighted by atomic mass is 32.2. The molecule has 0 spiro atoms. The van der Waals surface area contributed by atoms with Crippen molar-refractivity contribution in [2.45, 2.75) is 31.1 Å². The van der Waals surface area contributed by atoms with Crippen molar-refractivity contribution in [2.24, 2.45) is 0 Å². The van der Waals surface area contributed by atoms with E-state index >= 15 is 0 Å². The molecule has 0 fully saturated rings. The van der Waals surface area contributed by atoms with E-state index in [-0.39, 0.29) is 11.0 Å². The molecule has 22 heavy (non-hydrogen) atoms. The van der Waals surface area contributed by atoms with Gasteiger partial charge in [0.2, 0.25) is 0 Å². The third kappa shape index (κ3) is 3.80. The van der Waals surface area contributed by atoms with E-state index < -0.39 is 16.8 Å². The molecular weight excluding hydrogens is 298 g/mol. The van der Waals surface area contributed by atoms with Crippen LogP contribution in [-0.2, 0) is 16.2 Å². The van der Waals surface area contributed by atoms with Gasteiger partial charge in [0.25, 0.3) is 0 Å². The molecule has 0 saturated carbocycles. The maximum absolute atomic E-state index is 12.2. The Hall–Kier alpha value is -2.01. The van der Waals surface area contributed by atoms with Gasteiger partial charge in [-0.05, 0) is 29.2 Å². The fourth-order valence-electron chi connectivity index (χ4n) is 1.97. The zero-order valence-corrected chi connectivity index (χ0v) is 13.9. The van der Waals surface area contributed by atoms with Gasteiger partial charge in [-0.1, -0.05) is 32.9 Å². The number of aromatic nitrogens is 1. The number of rotatable bonds is 3. The summed E-state index contributed by atoms with van der Waals surface area (Å²) in [6.07, 6.45) is 4.40. The summed E-state index contributed by atoms with van der Waals surface area (Å²) in [6, 6.07) is 8.96. The minimum absolute atomic E-state index is 0.0398. The van der Waals surface area contributed by atoms with Crippen molar-refractivity contribution in [3.63, 3.8) is 0 Å². The Morgan fingerprint density at radius 3 is 2.32 bits per heavy atom. The monoisotopic (exact) mass is 317 g/mol. The van der Waals surface area contributed by atoms with Gasteiger partial charge in [-0.25, -0.2) is 4.79 Å². The highest BCUT2D eigenvalue weighted by Gasteiger charge is 2.17. The highest BCUT2D eigenvalue weighted by molar-refractivity contribution is 7.84. The van der Waals surface area contributed by atoms with Crippen LogP contribution in [0.5, 0.6) is 5.75 Å². The van der Waals surface area contributed by atoms with Gasteiger partial charge in [-0.2, -0.15) is 0 Å². The average Bonchev–Trinajstić information content (AvgIpc) is 2.46. The van der Waals surface area contributed by atoms with Gasteiger partial charge in [0, 0.05) is 18.6 Å². The zero-order chi connectivity index (χ0) is 16.3. The van der Waals surface area contributed by atoms with Crippen LogP contribution < -0.4 is 4.74 Å². The van der Waals surface area contributed by atoms with Gasteiger partial charge in [0.1, 0.15) is 5.75 Å². The fraction of sp³-hybridized carbons (Fsp3) is 0.294. The first kappa shape index (κ1) is 16.4. The first-order valence-corrected chi connectivity index (χ1v) is 8.45. The molecule has 1 aromatic carbocycles. The molecular formula is C17H19NO3S. The minimum Gasteiger partial charge on any atom is -0.423 e.